The van der Waals surface area contributed by atoms with Gasteiger partial charge >= 0.3 is 0 Å². The van der Waals surface area contributed by atoms with Gasteiger partial charge in [0.1, 0.15) is 36.2 Å². The molecule has 1 aliphatic rings. The molecular formula is C24H32ClN7O5. The Labute approximate surface area is 219 Å². The molecule has 1 aromatic carbocycles. The Morgan fingerprint density at radius 2 is 1.86 bits per heavy atom. The fraction of sp³-hybridized carbons (Fsp3) is 0.500. The highest BCUT2D eigenvalue weighted by atomic mass is 35.5. The molecule has 0 spiro atoms. The minimum atomic E-state index is -0.927. The van der Waals surface area contributed by atoms with E-state index >= 15 is 0 Å². The van der Waals surface area contributed by atoms with Crippen LogP contribution in [0.2, 0.25) is 5.02 Å². The molecule has 0 saturated carbocycles. The number of rotatable bonds is 2. The largest absolute Gasteiger partial charge is 0.491 e. The molecule has 12 nitrogen and oxygen atoms in total. The Morgan fingerprint density at radius 3 is 2.57 bits per heavy atom. The van der Waals surface area contributed by atoms with Crippen LogP contribution in [-0.2, 0) is 27.5 Å². The van der Waals surface area contributed by atoms with Gasteiger partial charge in [-0.3, -0.25) is 19.2 Å². The first kappa shape index (κ1) is 27.9. The summed E-state index contributed by atoms with van der Waals surface area (Å²) in [6.07, 6.45) is 1.94. The van der Waals surface area contributed by atoms with Gasteiger partial charge in [-0.15, -0.1) is 5.10 Å². The number of ether oxygens (including phenoxy) is 1. The normalized spacial score (nSPS) is 22.2. The van der Waals surface area contributed by atoms with Gasteiger partial charge in [0.2, 0.25) is 17.7 Å². The van der Waals surface area contributed by atoms with Crippen LogP contribution in [0, 0.1) is 5.92 Å². The maximum Gasteiger partial charge on any atom is 0.255 e. The topological polar surface area (TPSA) is 156 Å². The number of carbonyl (C=O) groups excluding carboxylic acids is 4. The first-order chi connectivity index (χ1) is 17.6. The number of halogens is 1. The number of aromatic nitrogens is 3. The highest BCUT2D eigenvalue weighted by Gasteiger charge is 2.30. The van der Waals surface area contributed by atoms with Crippen molar-refractivity contribution in [1.82, 2.24) is 36.3 Å². The minimum Gasteiger partial charge on any atom is -0.491 e. The highest BCUT2D eigenvalue weighted by molar-refractivity contribution is 6.31. The van der Waals surface area contributed by atoms with Crippen molar-refractivity contribution in [1.29, 1.82) is 0 Å². The predicted molar refractivity (Wildman–Crippen MR) is 135 cm³/mol. The number of hydrogen-bond donors (Lipinski definition) is 4. The second-order valence-electron chi connectivity index (χ2n) is 9.07. The van der Waals surface area contributed by atoms with Gasteiger partial charge in [-0.25, -0.2) is 4.68 Å². The van der Waals surface area contributed by atoms with Crippen molar-refractivity contribution in [3.8, 4) is 5.75 Å². The first-order valence-electron chi connectivity index (χ1n) is 12.1. The van der Waals surface area contributed by atoms with Gasteiger partial charge in [-0.1, -0.05) is 37.6 Å². The van der Waals surface area contributed by atoms with Gasteiger partial charge in [0.15, 0.2) is 0 Å². The summed E-state index contributed by atoms with van der Waals surface area (Å²) >= 11 is 6.13. The lowest BCUT2D eigenvalue weighted by atomic mass is 10.0. The molecule has 4 amide bonds. The van der Waals surface area contributed by atoms with Gasteiger partial charge in [-0.05, 0) is 37.5 Å². The van der Waals surface area contributed by atoms with Crippen molar-refractivity contribution >= 4 is 35.2 Å². The molecule has 0 aliphatic carbocycles. The number of nitrogens with one attached hydrogen (secondary N) is 4. The zero-order valence-corrected chi connectivity index (χ0v) is 22.0. The van der Waals surface area contributed by atoms with Crippen LogP contribution in [0.3, 0.4) is 0 Å². The van der Waals surface area contributed by atoms with E-state index < -0.39 is 41.8 Å². The van der Waals surface area contributed by atoms with E-state index in [1.807, 2.05) is 0 Å². The number of benzene rings is 1. The highest BCUT2D eigenvalue weighted by Crippen LogP contribution is 2.23. The summed E-state index contributed by atoms with van der Waals surface area (Å²) in [6.45, 7) is 7.44. The lowest BCUT2D eigenvalue weighted by Crippen LogP contribution is -2.57. The van der Waals surface area contributed by atoms with E-state index in [9.17, 15) is 19.2 Å². The van der Waals surface area contributed by atoms with Crippen LogP contribution in [0.4, 0.5) is 0 Å². The van der Waals surface area contributed by atoms with E-state index in [1.165, 1.54) is 6.07 Å². The van der Waals surface area contributed by atoms with E-state index in [4.69, 9.17) is 16.3 Å². The summed E-state index contributed by atoms with van der Waals surface area (Å²) in [5, 5.41) is 19.1. The Balaban J connectivity index is 1.90. The van der Waals surface area contributed by atoms with Gasteiger partial charge in [0.05, 0.1) is 24.8 Å². The van der Waals surface area contributed by atoms with Crippen LogP contribution >= 0.6 is 11.6 Å². The molecule has 0 fully saturated rings. The maximum atomic E-state index is 13.1. The Kier molecular flexibility index (Phi) is 9.45. The van der Waals surface area contributed by atoms with Gasteiger partial charge in [-0.2, -0.15) is 0 Å². The molecule has 2 heterocycles. The number of amides is 4. The van der Waals surface area contributed by atoms with Crippen molar-refractivity contribution in [3.05, 3.63) is 40.7 Å². The molecule has 3 rings (SSSR count). The van der Waals surface area contributed by atoms with Crippen molar-refractivity contribution < 1.29 is 23.9 Å². The zero-order valence-electron chi connectivity index (χ0n) is 21.2. The van der Waals surface area contributed by atoms with Crippen LogP contribution in [0.25, 0.3) is 0 Å². The van der Waals surface area contributed by atoms with Crippen LogP contribution in [0.1, 0.15) is 50.2 Å². The Hall–Kier alpha value is -3.67. The van der Waals surface area contributed by atoms with E-state index in [2.05, 4.69) is 31.6 Å². The lowest BCUT2D eigenvalue weighted by molar-refractivity contribution is -0.133. The van der Waals surface area contributed by atoms with Gasteiger partial charge < -0.3 is 26.0 Å². The van der Waals surface area contributed by atoms with Crippen LogP contribution in [0.5, 0.6) is 5.75 Å². The number of fused-ring (bicyclic) bond motifs is 3. The molecule has 0 saturated heterocycles. The average Bonchev–Trinajstić information content (AvgIpc) is 3.31. The van der Waals surface area contributed by atoms with E-state index in [0.29, 0.717) is 17.3 Å². The van der Waals surface area contributed by atoms with Crippen molar-refractivity contribution in [3.63, 3.8) is 0 Å². The van der Waals surface area contributed by atoms with Gasteiger partial charge in [0, 0.05) is 5.02 Å². The molecule has 1 aliphatic heterocycles. The minimum absolute atomic E-state index is 0.115. The molecule has 2 aromatic rings. The fourth-order valence-electron chi connectivity index (χ4n) is 3.66. The summed E-state index contributed by atoms with van der Waals surface area (Å²) in [7, 11) is 0. The van der Waals surface area contributed by atoms with Crippen LogP contribution < -0.4 is 26.0 Å². The average molecular weight is 534 g/mol. The lowest BCUT2D eigenvalue weighted by Gasteiger charge is -2.26. The van der Waals surface area contributed by atoms with Crippen molar-refractivity contribution in [2.24, 2.45) is 5.92 Å². The Morgan fingerprint density at radius 1 is 1.11 bits per heavy atom. The molecule has 3 atom stereocenters. The summed E-state index contributed by atoms with van der Waals surface area (Å²) in [5.74, 6) is -2.00. The quantitative estimate of drug-likeness (QED) is 0.444. The number of carbonyl (C=O) groups is 4. The SMILES string of the molecule is CC[C@@H]1NC(=O)c2cc(Cl)ccc2OCCn2cc(nn2)CNC(=O)[C@@H](C)NC(=O)[C@H](C(C)C)NC1=O. The molecule has 200 valence electrons. The maximum absolute atomic E-state index is 13.1. The van der Waals surface area contributed by atoms with Crippen LogP contribution in [-0.4, -0.2) is 63.4 Å². The van der Waals surface area contributed by atoms with Crippen LogP contribution in [0.15, 0.2) is 24.4 Å². The Bertz CT molecular complexity index is 1150. The molecule has 37 heavy (non-hydrogen) atoms. The molecule has 1 aromatic heterocycles. The number of nitrogens with zero attached hydrogens (tertiary/aromatic N) is 3. The van der Waals surface area contributed by atoms with E-state index in [1.54, 1.807) is 50.7 Å². The standard InChI is InChI=1S/C24H32ClN7O5/c1-5-18-23(35)29-20(13(2)3)24(36)27-14(4)21(33)26-11-16-12-32(31-30-16)8-9-37-19-7-6-15(25)10-17(19)22(34)28-18/h6-7,10,12-14,18,20H,5,8-9,11H2,1-4H3,(H,26,33)(H,27,36)(H,28,34)(H,29,35)/t14-,18+,20+/m1/s1. The molecule has 2 bridgehead atoms. The second-order valence-corrected chi connectivity index (χ2v) is 9.51. The van der Waals surface area contributed by atoms with Gasteiger partial charge in [0.25, 0.3) is 5.91 Å². The van der Waals surface area contributed by atoms with Crippen molar-refractivity contribution in [2.75, 3.05) is 6.61 Å². The monoisotopic (exact) mass is 533 g/mol. The molecule has 0 radical (unpaired) electrons. The second kappa shape index (κ2) is 12.5. The molecule has 13 heteroatoms. The number of hydrogen-bond acceptors (Lipinski definition) is 7. The predicted octanol–water partition coefficient (Wildman–Crippen LogP) is 0.794. The van der Waals surface area contributed by atoms with E-state index in [0.717, 1.165) is 0 Å². The summed E-state index contributed by atoms with van der Waals surface area (Å²) in [6, 6.07) is 1.93. The van der Waals surface area contributed by atoms with Crippen molar-refractivity contribution in [2.45, 2.75) is 65.3 Å². The van der Waals surface area contributed by atoms with E-state index in [-0.39, 0.29) is 36.8 Å². The third kappa shape index (κ3) is 7.42. The summed E-state index contributed by atoms with van der Waals surface area (Å²) < 4.78 is 7.37. The molecule has 0 unspecified atom stereocenters. The third-order valence-electron chi connectivity index (χ3n) is 5.82. The smallest absolute Gasteiger partial charge is 0.255 e. The first-order valence-corrected chi connectivity index (χ1v) is 12.5. The molecular weight excluding hydrogens is 502 g/mol. The third-order valence-corrected chi connectivity index (χ3v) is 6.06. The summed E-state index contributed by atoms with van der Waals surface area (Å²) in [4.78, 5) is 51.7. The molecule has 4 N–H and O–H groups in total. The zero-order chi connectivity index (χ0) is 27.1. The fourth-order valence-corrected chi connectivity index (χ4v) is 3.83. The summed E-state index contributed by atoms with van der Waals surface area (Å²) in [5.41, 5.74) is 0.688.